The average molecular weight is 399 g/mol. The first-order valence-electron chi connectivity index (χ1n) is 8.45. The Morgan fingerprint density at radius 2 is 1.88 bits per heavy atom. The molecule has 0 aliphatic carbocycles. The van der Waals surface area contributed by atoms with E-state index in [1.807, 2.05) is 6.08 Å². The molecule has 0 bridgehead atoms. The highest BCUT2D eigenvalue weighted by Gasteiger charge is 2.34. The van der Waals surface area contributed by atoms with E-state index in [-0.39, 0.29) is 18.5 Å². The minimum atomic E-state index is -0.402. The summed E-state index contributed by atoms with van der Waals surface area (Å²) in [5.74, 6) is -0.490. The molecule has 0 spiro atoms. The Balaban J connectivity index is 1.56. The van der Waals surface area contributed by atoms with Crippen LogP contribution in [-0.4, -0.2) is 54.6 Å². The van der Waals surface area contributed by atoms with Crippen LogP contribution in [0.4, 0.5) is 4.79 Å². The van der Waals surface area contributed by atoms with E-state index in [4.69, 9.17) is 32.7 Å². The van der Waals surface area contributed by atoms with Crippen LogP contribution in [0.3, 0.4) is 0 Å². The molecule has 1 atom stereocenters. The molecule has 1 amide bonds. The summed E-state index contributed by atoms with van der Waals surface area (Å²) in [6.45, 7) is 4.50. The molecular formula is C18H20Cl2N2O4. The van der Waals surface area contributed by atoms with Gasteiger partial charge in [0.25, 0.3) is 0 Å². The molecule has 26 heavy (non-hydrogen) atoms. The molecule has 3 rings (SSSR count). The van der Waals surface area contributed by atoms with Crippen LogP contribution in [0.2, 0.25) is 10.0 Å². The van der Waals surface area contributed by atoms with Crippen LogP contribution in [0.15, 0.2) is 30.0 Å². The van der Waals surface area contributed by atoms with Crippen LogP contribution < -0.4 is 0 Å². The molecule has 8 heteroatoms. The first-order chi connectivity index (χ1) is 12.5. The van der Waals surface area contributed by atoms with E-state index >= 15 is 0 Å². The highest BCUT2D eigenvalue weighted by atomic mass is 35.5. The molecule has 1 fully saturated rings. The Kier molecular flexibility index (Phi) is 5.94. The fraction of sp³-hybridized carbons (Fsp3) is 0.444. The third kappa shape index (κ3) is 4.43. The van der Waals surface area contributed by atoms with Crippen LogP contribution in [0.1, 0.15) is 12.5 Å². The van der Waals surface area contributed by atoms with Gasteiger partial charge in [0, 0.05) is 35.4 Å². The zero-order valence-corrected chi connectivity index (χ0v) is 15.9. The second kappa shape index (κ2) is 8.18. The van der Waals surface area contributed by atoms with Gasteiger partial charge in [-0.1, -0.05) is 23.2 Å². The van der Waals surface area contributed by atoms with Gasteiger partial charge in [-0.15, -0.1) is 0 Å². The summed E-state index contributed by atoms with van der Waals surface area (Å²) in [6.07, 6.45) is 1.48. The van der Waals surface area contributed by atoms with Crippen molar-refractivity contribution in [2.24, 2.45) is 5.92 Å². The largest absolute Gasteiger partial charge is 0.465 e. The van der Waals surface area contributed by atoms with E-state index in [9.17, 15) is 9.59 Å². The number of nitrogens with zero attached hydrogens (tertiary/aromatic N) is 2. The maximum Gasteiger partial charge on any atom is 0.410 e. The van der Waals surface area contributed by atoms with Crippen LogP contribution >= 0.6 is 23.2 Å². The second-order valence-electron chi connectivity index (χ2n) is 6.22. The van der Waals surface area contributed by atoms with Crippen LogP contribution in [0.5, 0.6) is 0 Å². The number of halogens is 2. The molecule has 6 nitrogen and oxygen atoms in total. The van der Waals surface area contributed by atoms with Crippen LogP contribution in [-0.2, 0) is 20.9 Å². The second-order valence-corrected chi connectivity index (χ2v) is 7.09. The van der Waals surface area contributed by atoms with Gasteiger partial charge >= 0.3 is 12.1 Å². The molecule has 0 N–H and O–H groups in total. The molecular weight excluding hydrogens is 379 g/mol. The van der Waals surface area contributed by atoms with E-state index < -0.39 is 6.09 Å². The zero-order chi connectivity index (χ0) is 18.7. The Hall–Kier alpha value is -1.92. The lowest BCUT2D eigenvalue weighted by Gasteiger charge is -2.34. The van der Waals surface area contributed by atoms with E-state index in [0.717, 1.165) is 11.3 Å². The monoisotopic (exact) mass is 398 g/mol. The highest BCUT2D eigenvalue weighted by Crippen LogP contribution is 2.26. The summed E-state index contributed by atoms with van der Waals surface area (Å²) in [6, 6.07) is 5.05. The predicted molar refractivity (Wildman–Crippen MR) is 98.0 cm³/mol. The van der Waals surface area contributed by atoms with E-state index in [2.05, 4.69) is 4.90 Å². The number of carbonyl (C=O) groups excluding carboxylic acids is 2. The maximum atomic E-state index is 12.3. The predicted octanol–water partition coefficient (Wildman–Crippen LogP) is 3.32. The molecule has 1 saturated heterocycles. The van der Waals surface area contributed by atoms with Crippen molar-refractivity contribution < 1.29 is 19.1 Å². The van der Waals surface area contributed by atoms with Crippen LogP contribution in [0, 0.1) is 5.92 Å². The van der Waals surface area contributed by atoms with Crippen molar-refractivity contribution in [3.63, 3.8) is 0 Å². The SMILES string of the molecule is CCOC(=O)C1C=C2CN(C(=O)OCc3cc(Cl)cc(Cl)c3)CCN2C1. The van der Waals surface area contributed by atoms with Crippen molar-refractivity contribution >= 4 is 35.3 Å². The van der Waals surface area contributed by atoms with Crippen molar-refractivity contribution in [3.8, 4) is 0 Å². The van der Waals surface area contributed by atoms with Gasteiger partial charge in [-0.2, -0.15) is 0 Å². The first kappa shape index (κ1) is 18.9. The Morgan fingerprint density at radius 3 is 2.58 bits per heavy atom. The van der Waals surface area contributed by atoms with E-state index in [0.29, 0.717) is 42.8 Å². The maximum absolute atomic E-state index is 12.3. The summed E-state index contributed by atoms with van der Waals surface area (Å²) in [7, 11) is 0. The Bertz CT molecular complexity index is 718. The molecule has 1 aromatic rings. The number of hydrogen-bond acceptors (Lipinski definition) is 5. The third-order valence-electron chi connectivity index (χ3n) is 4.34. The lowest BCUT2D eigenvalue weighted by molar-refractivity contribution is -0.146. The lowest BCUT2D eigenvalue weighted by Crippen LogP contribution is -2.46. The minimum absolute atomic E-state index is 0.101. The van der Waals surface area contributed by atoms with Gasteiger partial charge in [-0.05, 0) is 36.8 Å². The van der Waals surface area contributed by atoms with Crippen LogP contribution in [0.25, 0.3) is 0 Å². The molecule has 2 aliphatic heterocycles. The van der Waals surface area contributed by atoms with Gasteiger partial charge in [0.05, 0.1) is 19.1 Å². The van der Waals surface area contributed by atoms with Gasteiger partial charge in [0.15, 0.2) is 0 Å². The average Bonchev–Trinajstić information content (AvgIpc) is 3.02. The van der Waals surface area contributed by atoms with Gasteiger partial charge < -0.3 is 19.3 Å². The first-order valence-corrected chi connectivity index (χ1v) is 9.21. The molecule has 0 aromatic heterocycles. The van der Waals surface area contributed by atoms with Crippen molar-refractivity contribution in [1.29, 1.82) is 0 Å². The number of ether oxygens (including phenoxy) is 2. The quantitative estimate of drug-likeness (QED) is 0.727. The number of esters is 1. The highest BCUT2D eigenvalue weighted by molar-refractivity contribution is 6.34. The molecule has 1 unspecified atom stereocenters. The molecule has 0 radical (unpaired) electrons. The number of hydrogen-bond donors (Lipinski definition) is 0. The number of carbonyl (C=O) groups is 2. The number of fused-ring (bicyclic) bond motifs is 1. The summed E-state index contributed by atoms with van der Waals surface area (Å²) in [4.78, 5) is 28.0. The standard InChI is InChI=1S/C18H20Cl2N2O4/c1-2-25-17(23)13-7-16-10-22(4-3-21(16)9-13)18(24)26-11-12-5-14(19)8-15(20)6-12/h5-8,13H,2-4,9-11H2,1H3. The molecule has 2 aliphatic rings. The van der Waals surface area contributed by atoms with E-state index in [1.54, 1.807) is 30.0 Å². The molecule has 2 heterocycles. The number of rotatable bonds is 4. The minimum Gasteiger partial charge on any atom is -0.465 e. The summed E-state index contributed by atoms with van der Waals surface area (Å²) in [5, 5.41) is 0.997. The molecule has 0 saturated carbocycles. The van der Waals surface area contributed by atoms with Crippen molar-refractivity contribution in [1.82, 2.24) is 9.80 Å². The van der Waals surface area contributed by atoms with Crippen molar-refractivity contribution in [2.45, 2.75) is 13.5 Å². The van der Waals surface area contributed by atoms with Gasteiger partial charge in [-0.3, -0.25) is 4.79 Å². The number of piperazine rings is 1. The fourth-order valence-electron chi connectivity index (χ4n) is 3.13. The van der Waals surface area contributed by atoms with E-state index in [1.165, 1.54) is 0 Å². The Labute approximate surface area is 162 Å². The lowest BCUT2D eigenvalue weighted by atomic mass is 10.1. The molecule has 1 aromatic carbocycles. The van der Waals surface area contributed by atoms with Crippen molar-refractivity contribution in [3.05, 3.63) is 45.6 Å². The smallest absolute Gasteiger partial charge is 0.410 e. The third-order valence-corrected chi connectivity index (χ3v) is 4.78. The number of amides is 1. The number of benzene rings is 1. The summed E-state index contributed by atoms with van der Waals surface area (Å²) >= 11 is 11.9. The topological polar surface area (TPSA) is 59.1 Å². The summed E-state index contributed by atoms with van der Waals surface area (Å²) in [5.41, 5.74) is 1.69. The van der Waals surface area contributed by atoms with Gasteiger partial charge in [-0.25, -0.2) is 4.79 Å². The summed E-state index contributed by atoms with van der Waals surface area (Å²) < 4.78 is 10.4. The van der Waals surface area contributed by atoms with Gasteiger partial charge in [0.1, 0.15) is 6.61 Å². The van der Waals surface area contributed by atoms with Gasteiger partial charge in [0.2, 0.25) is 0 Å². The fourth-order valence-corrected chi connectivity index (χ4v) is 3.70. The zero-order valence-electron chi connectivity index (χ0n) is 14.4. The molecule has 140 valence electrons. The Morgan fingerprint density at radius 1 is 1.15 bits per heavy atom. The van der Waals surface area contributed by atoms with Crippen molar-refractivity contribution in [2.75, 3.05) is 32.8 Å². The normalized spacial score (nSPS) is 19.0.